The first-order valence-electron chi connectivity index (χ1n) is 8.36. The van der Waals surface area contributed by atoms with Crippen molar-refractivity contribution < 1.29 is 9.53 Å². The Morgan fingerprint density at radius 3 is 2.35 bits per heavy atom. The Hall–Kier alpha value is -3.34. The third kappa shape index (κ3) is 4.19. The van der Waals surface area contributed by atoms with Crippen LogP contribution in [-0.4, -0.2) is 10.9 Å². The zero-order chi connectivity index (χ0) is 18.5. The van der Waals surface area contributed by atoms with Gasteiger partial charge in [0.25, 0.3) is 5.91 Å². The average Bonchev–Trinajstić information content (AvgIpc) is 2.61. The van der Waals surface area contributed by atoms with Crippen LogP contribution in [0.2, 0.25) is 0 Å². The summed E-state index contributed by atoms with van der Waals surface area (Å²) in [7, 11) is 0. The summed E-state index contributed by atoms with van der Waals surface area (Å²) in [4.78, 5) is 16.6. The number of anilines is 1. The molecule has 0 atom stereocenters. The number of nitrogens with one attached hydrogen (secondary N) is 1. The van der Waals surface area contributed by atoms with Crippen LogP contribution >= 0.6 is 0 Å². The Morgan fingerprint density at radius 1 is 1.04 bits per heavy atom. The molecule has 5 nitrogen and oxygen atoms in total. The number of amides is 1. The topological polar surface area (TPSA) is 77.2 Å². The van der Waals surface area contributed by atoms with Crippen LogP contribution in [-0.2, 0) is 6.54 Å². The van der Waals surface area contributed by atoms with Crippen LogP contribution in [0.5, 0.6) is 11.5 Å². The number of carbonyl (C=O) groups is 1. The zero-order valence-electron chi connectivity index (χ0n) is 14.8. The maximum Gasteiger partial charge on any atom is 0.255 e. The van der Waals surface area contributed by atoms with E-state index in [0.717, 1.165) is 28.3 Å². The van der Waals surface area contributed by atoms with Gasteiger partial charge in [-0.05, 0) is 55.3 Å². The van der Waals surface area contributed by atoms with Gasteiger partial charge in [0.2, 0.25) is 0 Å². The summed E-state index contributed by atoms with van der Waals surface area (Å²) in [6.45, 7) is 4.11. The largest absolute Gasteiger partial charge is 0.457 e. The highest BCUT2D eigenvalue weighted by molar-refractivity contribution is 5.99. The molecule has 0 aliphatic heterocycles. The summed E-state index contributed by atoms with van der Waals surface area (Å²) in [6, 6.07) is 19.0. The second kappa shape index (κ2) is 7.70. The van der Waals surface area contributed by atoms with Gasteiger partial charge in [-0.1, -0.05) is 30.3 Å². The molecular formula is C21H21N3O2. The maximum absolute atomic E-state index is 12.4. The molecule has 3 rings (SSSR count). The predicted molar refractivity (Wildman–Crippen MR) is 102 cm³/mol. The fraction of sp³-hybridized carbons (Fsp3) is 0.143. The second-order valence-electron chi connectivity index (χ2n) is 6.08. The lowest BCUT2D eigenvalue weighted by Crippen LogP contribution is -2.25. The van der Waals surface area contributed by atoms with Crippen molar-refractivity contribution in [3.05, 3.63) is 83.0 Å². The Morgan fingerprint density at radius 2 is 1.69 bits per heavy atom. The third-order valence-corrected chi connectivity index (χ3v) is 3.96. The molecule has 26 heavy (non-hydrogen) atoms. The van der Waals surface area contributed by atoms with E-state index in [-0.39, 0.29) is 11.7 Å². The number of benzene rings is 2. The highest BCUT2D eigenvalue weighted by Gasteiger charge is 2.14. The van der Waals surface area contributed by atoms with Crippen molar-refractivity contribution in [2.24, 2.45) is 0 Å². The quantitative estimate of drug-likeness (QED) is 0.731. The molecule has 0 aliphatic carbocycles. The minimum Gasteiger partial charge on any atom is -0.457 e. The molecule has 0 fully saturated rings. The molecule has 3 N–H and O–H groups in total. The highest BCUT2D eigenvalue weighted by Crippen LogP contribution is 2.21. The van der Waals surface area contributed by atoms with Gasteiger partial charge >= 0.3 is 0 Å². The lowest BCUT2D eigenvalue weighted by atomic mass is 10.1. The SMILES string of the molecule is Cc1cc(C)c(C(=O)NCc2ccc(Oc3ccccc3)cc2)c(N)n1. The van der Waals surface area contributed by atoms with Gasteiger partial charge in [0, 0.05) is 12.2 Å². The van der Waals surface area contributed by atoms with Gasteiger partial charge in [-0.15, -0.1) is 0 Å². The van der Waals surface area contributed by atoms with Crippen molar-refractivity contribution >= 4 is 11.7 Å². The molecule has 2 aromatic carbocycles. The first-order valence-corrected chi connectivity index (χ1v) is 8.36. The van der Waals surface area contributed by atoms with Gasteiger partial charge in [-0.3, -0.25) is 4.79 Å². The number of nitrogen functional groups attached to an aromatic ring is 1. The van der Waals surface area contributed by atoms with Gasteiger partial charge in [-0.2, -0.15) is 0 Å². The van der Waals surface area contributed by atoms with E-state index in [1.807, 2.05) is 74.5 Å². The Labute approximate surface area is 152 Å². The van der Waals surface area contributed by atoms with Gasteiger partial charge in [0.15, 0.2) is 0 Å². The average molecular weight is 347 g/mol. The highest BCUT2D eigenvalue weighted by atomic mass is 16.5. The molecule has 5 heteroatoms. The normalized spacial score (nSPS) is 10.4. The molecule has 1 aromatic heterocycles. The first-order chi connectivity index (χ1) is 12.5. The molecular weight excluding hydrogens is 326 g/mol. The van der Waals surface area contributed by atoms with Crippen LogP contribution in [0.25, 0.3) is 0 Å². The number of nitrogens with zero attached hydrogens (tertiary/aromatic N) is 1. The van der Waals surface area contributed by atoms with Crippen molar-refractivity contribution in [2.75, 3.05) is 5.73 Å². The van der Waals surface area contributed by atoms with Crippen molar-refractivity contribution in [3.63, 3.8) is 0 Å². The minimum absolute atomic E-state index is 0.225. The minimum atomic E-state index is -0.225. The van der Waals surface area contributed by atoms with E-state index in [0.29, 0.717) is 12.1 Å². The molecule has 0 bridgehead atoms. The van der Waals surface area contributed by atoms with E-state index < -0.39 is 0 Å². The third-order valence-electron chi connectivity index (χ3n) is 3.96. The Balaban J connectivity index is 1.62. The Bertz CT molecular complexity index is 883. The summed E-state index contributed by atoms with van der Waals surface area (Å²) in [6.07, 6.45) is 0. The number of rotatable bonds is 5. The predicted octanol–water partition coefficient (Wildman–Crippen LogP) is 4.00. The van der Waals surface area contributed by atoms with E-state index in [1.54, 1.807) is 0 Å². The van der Waals surface area contributed by atoms with Crippen LogP contribution < -0.4 is 15.8 Å². The molecule has 0 radical (unpaired) electrons. The maximum atomic E-state index is 12.4. The molecule has 1 heterocycles. The van der Waals surface area contributed by atoms with E-state index in [2.05, 4.69) is 10.3 Å². The van der Waals surface area contributed by atoms with Gasteiger partial charge in [0.05, 0.1) is 5.56 Å². The van der Waals surface area contributed by atoms with E-state index in [9.17, 15) is 4.79 Å². The second-order valence-corrected chi connectivity index (χ2v) is 6.08. The summed E-state index contributed by atoms with van der Waals surface area (Å²) in [5, 5.41) is 2.89. The van der Waals surface area contributed by atoms with E-state index >= 15 is 0 Å². The molecule has 0 saturated heterocycles. The van der Waals surface area contributed by atoms with Crippen molar-refractivity contribution in [1.82, 2.24) is 10.3 Å². The standard InChI is InChI=1S/C21H21N3O2/c1-14-12-15(2)24-20(22)19(14)21(25)23-13-16-8-10-18(11-9-16)26-17-6-4-3-5-7-17/h3-12H,13H2,1-2H3,(H2,22,24)(H,23,25). The lowest BCUT2D eigenvalue weighted by Gasteiger charge is -2.11. The molecule has 132 valence electrons. The summed E-state index contributed by atoms with van der Waals surface area (Å²) in [5.74, 6) is 1.56. The van der Waals surface area contributed by atoms with Gasteiger partial charge < -0.3 is 15.8 Å². The van der Waals surface area contributed by atoms with Crippen molar-refractivity contribution in [1.29, 1.82) is 0 Å². The Kier molecular flexibility index (Phi) is 5.17. The number of carbonyl (C=O) groups excluding carboxylic acids is 1. The van der Waals surface area contributed by atoms with E-state index in [1.165, 1.54) is 0 Å². The van der Waals surface area contributed by atoms with Crippen LogP contribution in [0.4, 0.5) is 5.82 Å². The van der Waals surface area contributed by atoms with Crippen LogP contribution in [0.15, 0.2) is 60.7 Å². The number of nitrogens with two attached hydrogens (primary N) is 1. The molecule has 0 saturated carbocycles. The summed E-state index contributed by atoms with van der Waals surface area (Å²) >= 11 is 0. The van der Waals surface area contributed by atoms with Crippen LogP contribution in [0, 0.1) is 13.8 Å². The number of hydrogen-bond acceptors (Lipinski definition) is 4. The number of pyridine rings is 1. The molecule has 0 spiro atoms. The molecule has 0 unspecified atom stereocenters. The molecule has 0 aliphatic rings. The first kappa shape index (κ1) is 17.5. The van der Waals surface area contributed by atoms with Crippen molar-refractivity contribution in [2.45, 2.75) is 20.4 Å². The monoisotopic (exact) mass is 347 g/mol. The summed E-state index contributed by atoms with van der Waals surface area (Å²) in [5.41, 5.74) is 8.91. The number of para-hydroxylation sites is 1. The zero-order valence-corrected chi connectivity index (χ0v) is 14.8. The number of aryl methyl sites for hydroxylation is 2. The van der Waals surface area contributed by atoms with Crippen LogP contribution in [0.3, 0.4) is 0 Å². The summed E-state index contributed by atoms with van der Waals surface area (Å²) < 4.78 is 5.76. The fourth-order valence-electron chi connectivity index (χ4n) is 2.73. The number of aromatic nitrogens is 1. The van der Waals surface area contributed by atoms with E-state index in [4.69, 9.17) is 10.5 Å². The molecule has 3 aromatic rings. The van der Waals surface area contributed by atoms with Crippen molar-refractivity contribution in [3.8, 4) is 11.5 Å². The lowest BCUT2D eigenvalue weighted by molar-refractivity contribution is 0.0951. The fourth-order valence-corrected chi connectivity index (χ4v) is 2.73. The smallest absolute Gasteiger partial charge is 0.255 e. The number of ether oxygens (including phenoxy) is 1. The van der Waals surface area contributed by atoms with Gasteiger partial charge in [-0.25, -0.2) is 4.98 Å². The number of hydrogen-bond donors (Lipinski definition) is 2. The molecule has 1 amide bonds. The van der Waals surface area contributed by atoms with Crippen LogP contribution in [0.1, 0.15) is 27.2 Å². The van der Waals surface area contributed by atoms with Gasteiger partial charge in [0.1, 0.15) is 17.3 Å².